The van der Waals surface area contributed by atoms with E-state index in [1.54, 1.807) is 0 Å². The van der Waals surface area contributed by atoms with Gasteiger partial charge in [0.15, 0.2) is 0 Å². The number of ether oxygens (including phenoxy) is 1. The zero-order chi connectivity index (χ0) is 29.2. The highest BCUT2D eigenvalue weighted by molar-refractivity contribution is 7.15. The second-order valence-corrected chi connectivity index (χ2v) is 12.0. The number of aromatic nitrogens is 1. The SMILES string of the molecule is COC(=O)c1c(-c2ccc(C3CCCCC3)cc2)csc1NC(=O)c1cc(-c2ccc(C)c(C)c2)nc2ccccc12. The first-order valence-corrected chi connectivity index (χ1v) is 15.4. The van der Waals surface area contributed by atoms with Crippen molar-refractivity contribution >= 4 is 39.1 Å². The lowest BCUT2D eigenvalue weighted by Crippen LogP contribution is -2.15. The van der Waals surface area contributed by atoms with Crippen LogP contribution in [-0.4, -0.2) is 24.0 Å². The molecule has 2 aromatic heterocycles. The lowest BCUT2D eigenvalue weighted by Gasteiger charge is -2.22. The van der Waals surface area contributed by atoms with Gasteiger partial charge in [0.2, 0.25) is 0 Å². The molecule has 1 fully saturated rings. The maximum Gasteiger partial charge on any atom is 0.341 e. The van der Waals surface area contributed by atoms with Crippen molar-refractivity contribution in [2.24, 2.45) is 0 Å². The Labute approximate surface area is 250 Å². The molecule has 212 valence electrons. The minimum atomic E-state index is -0.478. The highest BCUT2D eigenvalue weighted by Crippen LogP contribution is 2.39. The number of fused-ring (bicyclic) bond motifs is 1. The number of aryl methyl sites for hydroxylation is 2. The summed E-state index contributed by atoms with van der Waals surface area (Å²) < 4.78 is 5.18. The van der Waals surface area contributed by atoms with Crippen LogP contribution in [-0.2, 0) is 4.74 Å². The zero-order valence-electron chi connectivity index (χ0n) is 24.2. The summed E-state index contributed by atoms with van der Waals surface area (Å²) in [6.45, 7) is 4.14. The monoisotopic (exact) mass is 574 g/mol. The minimum absolute atomic E-state index is 0.301. The maximum absolute atomic E-state index is 13.9. The molecule has 0 bridgehead atoms. The van der Waals surface area contributed by atoms with Crippen molar-refractivity contribution in [2.75, 3.05) is 12.4 Å². The van der Waals surface area contributed by atoms with Gasteiger partial charge in [-0.2, -0.15) is 0 Å². The number of methoxy groups -OCH3 is 1. The Morgan fingerprint density at radius 2 is 1.62 bits per heavy atom. The highest BCUT2D eigenvalue weighted by Gasteiger charge is 2.24. The van der Waals surface area contributed by atoms with E-state index in [2.05, 4.69) is 55.6 Å². The molecule has 6 heteroatoms. The Morgan fingerprint density at radius 1 is 0.881 bits per heavy atom. The number of hydrogen-bond acceptors (Lipinski definition) is 5. The van der Waals surface area contributed by atoms with Crippen molar-refractivity contribution in [1.82, 2.24) is 4.98 Å². The predicted molar refractivity (Wildman–Crippen MR) is 172 cm³/mol. The van der Waals surface area contributed by atoms with Crippen molar-refractivity contribution in [3.8, 4) is 22.4 Å². The van der Waals surface area contributed by atoms with Crippen molar-refractivity contribution in [2.45, 2.75) is 51.9 Å². The van der Waals surface area contributed by atoms with Crippen LogP contribution in [0.4, 0.5) is 5.00 Å². The second kappa shape index (κ2) is 11.9. The third kappa shape index (κ3) is 5.47. The fourth-order valence-corrected chi connectivity index (χ4v) is 6.87. The van der Waals surface area contributed by atoms with Gasteiger partial charge in [0, 0.05) is 21.9 Å². The second-order valence-electron chi connectivity index (χ2n) is 11.1. The van der Waals surface area contributed by atoms with Crippen LogP contribution < -0.4 is 5.32 Å². The van der Waals surface area contributed by atoms with Crippen molar-refractivity contribution < 1.29 is 14.3 Å². The summed E-state index contributed by atoms with van der Waals surface area (Å²) >= 11 is 1.33. The number of carbonyl (C=O) groups excluding carboxylic acids is 2. The van der Waals surface area contributed by atoms with Gasteiger partial charge in [-0.25, -0.2) is 9.78 Å². The number of para-hydroxylation sites is 1. The summed E-state index contributed by atoms with van der Waals surface area (Å²) in [6, 6.07) is 24.2. The summed E-state index contributed by atoms with van der Waals surface area (Å²) in [7, 11) is 1.37. The van der Waals surface area contributed by atoms with Gasteiger partial charge >= 0.3 is 5.97 Å². The Balaban J connectivity index is 1.35. The van der Waals surface area contributed by atoms with Crippen LogP contribution in [0.1, 0.15) is 75.4 Å². The number of nitrogens with one attached hydrogen (secondary N) is 1. The van der Waals surface area contributed by atoms with Crippen molar-refractivity contribution in [3.63, 3.8) is 0 Å². The first-order chi connectivity index (χ1) is 20.4. The van der Waals surface area contributed by atoms with Crippen LogP contribution >= 0.6 is 11.3 Å². The molecule has 1 aliphatic rings. The first-order valence-electron chi connectivity index (χ1n) is 14.5. The van der Waals surface area contributed by atoms with E-state index in [9.17, 15) is 9.59 Å². The molecule has 0 atom stereocenters. The van der Waals surface area contributed by atoms with Gasteiger partial charge in [-0.1, -0.05) is 73.9 Å². The van der Waals surface area contributed by atoms with Crippen LogP contribution in [0.2, 0.25) is 0 Å². The summed E-state index contributed by atoms with van der Waals surface area (Å²) in [5.74, 6) is -0.174. The van der Waals surface area contributed by atoms with Gasteiger partial charge in [0.1, 0.15) is 10.6 Å². The predicted octanol–water partition coefficient (Wildman–Crippen LogP) is 9.33. The number of thiophene rings is 1. The van der Waals surface area contributed by atoms with Crippen LogP contribution in [0.15, 0.2) is 78.2 Å². The van der Waals surface area contributed by atoms with Crippen LogP contribution in [0.3, 0.4) is 0 Å². The number of benzene rings is 3. The van der Waals surface area contributed by atoms with E-state index >= 15 is 0 Å². The van der Waals surface area contributed by atoms with Gasteiger partial charge in [0.05, 0.1) is 23.9 Å². The van der Waals surface area contributed by atoms with E-state index in [4.69, 9.17) is 9.72 Å². The molecule has 1 saturated carbocycles. The first kappa shape index (κ1) is 27.9. The lowest BCUT2D eigenvalue weighted by atomic mass is 9.83. The molecule has 2 heterocycles. The fraction of sp³-hybridized carbons (Fsp3) is 0.250. The van der Waals surface area contributed by atoms with E-state index < -0.39 is 5.97 Å². The minimum Gasteiger partial charge on any atom is -0.465 e. The molecule has 5 nitrogen and oxygen atoms in total. The molecule has 1 aliphatic carbocycles. The van der Waals surface area contributed by atoms with Gasteiger partial charge in [-0.3, -0.25) is 4.79 Å². The number of anilines is 1. The lowest BCUT2D eigenvalue weighted by molar-refractivity contribution is 0.0603. The van der Waals surface area contributed by atoms with Gasteiger partial charge in [0.25, 0.3) is 5.91 Å². The molecular weight excluding hydrogens is 540 g/mol. The van der Waals surface area contributed by atoms with E-state index in [0.29, 0.717) is 22.0 Å². The highest BCUT2D eigenvalue weighted by atomic mass is 32.1. The number of rotatable bonds is 6. The standard InChI is InChI=1S/C36H34N2O3S/c1-22-13-14-27(19-23(22)2)32-20-29(28-11-7-8-12-31(28)37-32)34(39)38-35-33(36(40)41-3)30(21-42-35)26-17-15-25(16-18-26)24-9-5-4-6-10-24/h7-8,11-21,24H,4-6,9-10H2,1-3H3,(H,38,39). The van der Waals surface area contributed by atoms with E-state index in [1.165, 1.54) is 61.7 Å². The number of esters is 1. The van der Waals surface area contributed by atoms with Crippen LogP contribution in [0.5, 0.6) is 0 Å². The maximum atomic E-state index is 13.9. The molecule has 0 spiro atoms. The van der Waals surface area contributed by atoms with Crippen LogP contribution in [0.25, 0.3) is 33.3 Å². The fourth-order valence-electron chi connectivity index (χ4n) is 5.92. The topological polar surface area (TPSA) is 68.3 Å². The van der Waals surface area contributed by atoms with Gasteiger partial charge < -0.3 is 10.1 Å². The van der Waals surface area contributed by atoms with E-state index in [-0.39, 0.29) is 5.91 Å². The van der Waals surface area contributed by atoms with Crippen molar-refractivity contribution in [3.05, 3.63) is 106 Å². The van der Waals surface area contributed by atoms with E-state index in [0.717, 1.165) is 38.9 Å². The molecule has 0 radical (unpaired) electrons. The van der Waals surface area contributed by atoms with Crippen molar-refractivity contribution in [1.29, 1.82) is 0 Å². The van der Waals surface area contributed by atoms with Gasteiger partial charge in [-0.05, 0) is 73.1 Å². The Morgan fingerprint density at radius 3 is 2.36 bits per heavy atom. The summed E-state index contributed by atoms with van der Waals surface area (Å²) in [5.41, 5.74) is 8.67. The Hall–Kier alpha value is -4.29. The molecule has 6 rings (SSSR count). The number of hydrogen-bond donors (Lipinski definition) is 1. The van der Waals surface area contributed by atoms with Crippen LogP contribution in [0, 0.1) is 13.8 Å². The number of nitrogens with zero attached hydrogens (tertiary/aromatic N) is 1. The Bertz CT molecular complexity index is 1780. The molecule has 42 heavy (non-hydrogen) atoms. The van der Waals surface area contributed by atoms with E-state index in [1.807, 2.05) is 41.8 Å². The average Bonchev–Trinajstić information content (AvgIpc) is 3.45. The third-order valence-electron chi connectivity index (χ3n) is 8.47. The number of pyridine rings is 1. The number of amides is 1. The number of carbonyl (C=O) groups is 2. The summed E-state index contributed by atoms with van der Waals surface area (Å²) in [5, 5.41) is 6.17. The molecule has 3 aromatic carbocycles. The average molecular weight is 575 g/mol. The molecule has 0 unspecified atom stereocenters. The molecule has 5 aromatic rings. The molecule has 1 amide bonds. The smallest absolute Gasteiger partial charge is 0.341 e. The summed E-state index contributed by atoms with van der Waals surface area (Å²) in [6.07, 6.45) is 6.35. The summed E-state index contributed by atoms with van der Waals surface area (Å²) in [4.78, 5) is 31.8. The van der Waals surface area contributed by atoms with Gasteiger partial charge in [-0.15, -0.1) is 11.3 Å². The molecular formula is C36H34N2O3S. The molecule has 0 aliphatic heterocycles. The molecule has 0 saturated heterocycles. The normalized spacial score (nSPS) is 13.7. The third-order valence-corrected chi connectivity index (χ3v) is 9.36. The molecule has 1 N–H and O–H groups in total. The largest absolute Gasteiger partial charge is 0.465 e. The quantitative estimate of drug-likeness (QED) is 0.205. The zero-order valence-corrected chi connectivity index (χ0v) is 25.0. The Kier molecular flexibility index (Phi) is 7.90.